The molecule has 4 nitrogen and oxygen atoms in total. The Labute approximate surface area is 174 Å². The minimum Gasteiger partial charge on any atom is -0.352 e. The van der Waals surface area contributed by atoms with Crippen LogP contribution in [0.5, 0.6) is 0 Å². The number of rotatable bonds is 8. The van der Waals surface area contributed by atoms with Crippen LogP contribution in [0.15, 0.2) is 54.6 Å². The van der Waals surface area contributed by atoms with E-state index in [2.05, 4.69) is 5.32 Å². The molecule has 0 spiro atoms. The molecular weight excluding hydrogens is 360 g/mol. The summed E-state index contributed by atoms with van der Waals surface area (Å²) in [6.45, 7) is 4.34. The van der Waals surface area contributed by atoms with Crippen LogP contribution in [-0.2, 0) is 22.6 Å². The van der Waals surface area contributed by atoms with Crippen LogP contribution in [0, 0.1) is 6.92 Å². The molecule has 0 bridgehead atoms. The summed E-state index contributed by atoms with van der Waals surface area (Å²) in [5, 5.41) is 3.15. The summed E-state index contributed by atoms with van der Waals surface area (Å²) in [5.74, 6) is -0.0272. The van der Waals surface area contributed by atoms with Crippen LogP contribution in [0.25, 0.3) is 0 Å². The van der Waals surface area contributed by atoms with E-state index in [0.29, 0.717) is 19.4 Å². The number of carbonyl (C=O) groups is 2. The molecule has 29 heavy (non-hydrogen) atoms. The monoisotopic (exact) mass is 392 g/mol. The second-order valence-electron chi connectivity index (χ2n) is 8.16. The maximum atomic E-state index is 13.1. The molecule has 1 N–H and O–H groups in total. The number of hydrogen-bond donors (Lipinski definition) is 1. The molecule has 1 atom stereocenters. The van der Waals surface area contributed by atoms with Gasteiger partial charge in [0.2, 0.25) is 11.8 Å². The van der Waals surface area contributed by atoms with Crippen LogP contribution in [0.3, 0.4) is 0 Å². The normalized spacial score (nSPS) is 15.1. The van der Waals surface area contributed by atoms with Gasteiger partial charge in [0, 0.05) is 19.0 Å². The molecule has 0 aromatic heterocycles. The van der Waals surface area contributed by atoms with Crippen molar-refractivity contribution in [2.75, 3.05) is 0 Å². The van der Waals surface area contributed by atoms with Crippen LogP contribution in [0.1, 0.15) is 55.7 Å². The second-order valence-corrected chi connectivity index (χ2v) is 8.16. The number of hydrogen-bond acceptors (Lipinski definition) is 2. The lowest BCUT2D eigenvalue weighted by molar-refractivity contribution is -0.140. The summed E-state index contributed by atoms with van der Waals surface area (Å²) >= 11 is 0. The molecule has 4 heteroatoms. The van der Waals surface area contributed by atoms with Gasteiger partial charge in [-0.25, -0.2) is 0 Å². The SMILES string of the molecule is Cc1ccc(CN(C(=O)CCc2ccccc2)[C@H](C)C(=O)NC2CCCC2)cc1. The number of nitrogens with zero attached hydrogens (tertiary/aromatic N) is 1. The van der Waals surface area contributed by atoms with E-state index in [9.17, 15) is 9.59 Å². The van der Waals surface area contributed by atoms with Crippen LogP contribution in [0.4, 0.5) is 0 Å². The van der Waals surface area contributed by atoms with Gasteiger partial charge in [0.05, 0.1) is 0 Å². The van der Waals surface area contributed by atoms with E-state index in [1.54, 1.807) is 4.90 Å². The second kappa shape index (κ2) is 10.2. The first-order valence-corrected chi connectivity index (χ1v) is 10.7. The highest BCUT2D eigenvalue weighted by atomic mass is 16.2. The number of nitrogens with one attached hydrogen (secondary N) is 1. The van der Waals surface area contributed by atoms with E-state index in [0.717, 1.165) is 24.0 Å². The summed E-state index contributed by atoms with van der Waals surface area (Å²) in [4.78, 5) is 27.7. The van der Waals surface area contributed by atoms with E-state index < -0.39 is 6.04 Å². The molecule has 3 rings (SSSR count). The maximum Gasteiger partial charge on any atom is 0.242 e. The average Bonchev–Trinajstić information content (AvgIpc) is 3.25. The Kier molecular flexibility index (Phi) is 7.45. The smallest absolute Gasteiger partial charge is 0.242 e. The fourth-order valence-electron chi connectivity index (χ4n) is 3.90. The zero-order valence-corrected chi connectivity index (χ0v) is 17.6. The molecule has 0 radical (unpaired) electrons. The summed E-state index contributed by atoms with van der Waals surface area (Å²) in [6, 6.07) is 18.0. The highest BCUT2D eigenvalue weighted by Gasteiger charge is 2.28. The van der Waals surface area contributed by atoms with Crippen molar-refractivity contribution in [3.05, 3.63) is 71.3 Å². The third-order valence-electron chi connectivity index (χ3n) is 5.81. The molecule has 1 aliphatic rings. The summed E-state index contributed by atoms with van der Waals surface area (Å²) in [5.41, 5.74) is 3.37. The molecule has 0 unspecified atom stereocenters. The van der Waals surface area contributed by atoms with Gasteiger partial charge in [-0.1, -0.05) is 73.0 Å². The largest absolute Gasteiger partial charge is 0.352 e. The standard InChI is InChI=1S/C25H32N2O2/c1-19-12-14-22(15-13-19)18-27(20(2)25(29)26-23-10-6-7-11-23)24(28)17-16-21-8-4-3-5-9-21/h3-5,8-9,12-15,20,23H,6-7,10-11,16-18H2,1-2H3,(H,26,29)/t20-/m1/s1. The molecule has 2 amide bonds. The molecule has 0 aliphatic heterocycles. The Balaban J connectivity index is 1.69. The van der Waals surface area contributed by atoms with E-state index in [4.69, 9.17) is 0 Å². The van der Waals surface area contributed by atoms with E-state index >= 15 is 0 Å². The predicted molar refractivity (Wildman–Crippen MR) is 116 cm³/mol. The fraction of sp³-hybridized carbons (Fsp3) is 0.440. The van der Waals surface area contributed by atoms with Gasteiger partial charge in [-0.05, 0) is 44.2 Å². The molecular formula is C25H32N2O2. The number of carbonyl (C=O) groups excluding carboxylic acids is 2. The van der Waals surface area contributed by atoms with Gasteiger partial charge in [-0.15, -0.1) is 0 Å². The molecule has 0 saturated heterocycles. The van der Waals surface area contributed by atoms with Crippen molar-refractivity contribution >= 4 is 11.8 Å². The average molecular weight is 393 g/mol. The van der Waals surface area contributed by atoms with Crippen LogP contribution < -0.4 is 5.32 Å². The summed E-state index contributed by atoms with van der Waals surface area (Å²) < 4.78 is 0. The van der Waals surface area contributed by atoms with Gasteiger partial charge < -0.3 is 10.2 Å². The molecule has 1 fully saturated rings. The lowest BCUT2D eigenvalue weighted by Crippen LogP contribution is -2.49. The first-order valence-electron chi connectivity index (χ1n) is 10.7. The van der Waals surface area contributed by atoms with E-state index in [-0.39, 0.29) is 17.9 Å². The molecule has 2 aromatic rings. The van der Waals surface area contributed by atoms with Crippen molar-refractivity contribution in [3.63, 3.8) is 0 Å². The Hall–Kier alpha value is -2.62. The van der Waals surface area contributed by atoms with Crippen molar-refractivity contribution in [1.82, 2.24) is 10.2 Å². The van der Waals surface area contributed by atoms with E-state index in [1.165, 1.54) is 18.4 Å². The molecule has 154 valence electrons. The van der Waals surface area contributed by atoms with E-state index in [1.807, 2.05) is 68.4 Å². The van der Waals surface area contributed by atoms with Crippen molar-refractivity contribution in [2.45, 2.75) is 71.0 Å². The van der Waals surface area contributed by atoms with Crippen LogP contribution >= 0.6 is 0 Å². The number of aryl methyl sites for hydroxylation is 2. The van der Waals surface area contributed by atoms with Crippen molar-refractivity contribution in [2.24, 2.45) is 0 Å². The van der Waals surface area contributed by atoms with Crippen LogP contribution in [0.2, 0.25) is 0 Å². The number of amides is 2. The van der Waals surface area contributed by atoms with Gasteiger partial charge in [0.25, 0.3) is 0 Å². The lowest BCUT2D eigenvalue weighted by atomic mass is 10.1. The Morgan fingerprint density at radius 1 is 1.00 bits per heavy atom. The predicted octanol–water partition coefficient (Wildman–Crippen LogP) is 4.40. The molecule has 2 aromatic carbocycles. The first kappa shape index (κ1) is 21.1. The lowest BCUT2D eigenvalue weighted by Gasteiger charge is -2.30. The Bertz CT molecular complexity index is 795. The van der Waals surface area contributed by atoms with Crippen molar-refractivity contribution in [1.29, 1.82) is 0 Å². The third kappa shape index (κ3) is 6.18. The molecule has 0 heterocycles. The van der Waals surface area contributed by atoms with Crippen molar-refractivity contribution < 1.29 is 9.59 Å². The van der Waals surface area contributed by atoms with Gasteiger partial charge in [0.15, 0.2) is 0 Å². The molecule has 1 aliphatic carbocycles. The van der Waals surface area contributed by atoms with Gasteiger partial charge in [-0.3, -0.25) is 9.59 Å². The summed E-state index contributed by atoms with van der Waals surface area (Å²) in [7, 11) is 0. The fourth-order valence-corrected chi connectivity index (χ4v) is 3.90. The van der Waals surface area contributed by atoms with Gasteiger partial charge in [0.1, 0.15) is 6.04 Å². The minimum absolute atomic E-state index is 0.0171. The maximum absolute atomic E-state index is 13.1. The first-order chi connectivity index (χ1) is 14.0. The number of benzene rings is 2. The van der Waals surface area contributed by atoms with Gasteiger partial charge >= 0.3 is 0 Å². The zero-order valence-electron chi connectivity index (χ0n) is 17.6. The Morgan fingerprint density at radius 3 is 2.31 bits per heavy atom. The third-order valence-corrected chi connectivity index (χ3v) is 5.81. The van der Waals surface area contributed by atoms with Gasteiger partial charge in [-0.2, -0.15) is 0 Å². The quantitative estimate of drug-likeness (QED) is 0.724. The van der Waals surface area contributed by atoms with Crippen LogP contribution in [-0.4, -0.2) is 28.8 Å². The highest BCUT2D eigenvalue weighted by Crippen LogP contribution is 2.19. The summed E-state index contributed by atoms with van der Waals surface area (Å²) in [6.07, 6.45) is 5.50. The molecule has 1 saturated carbocycles. The zero-order chi connectivity index (χ0) is 20.6. The Morgan fingerprint density at radius 2 is 1.66 bits per heavy atom. The minimum atomic E-state index is -0.486. The highest BCUT2D eigenvalue weighted by molar-refractivity contribution is 5.87. The van der Waals surface area contributed by atoms with Crippen molar-refractivity contribution in [3.8, 4) is 0 Å². The topological polar surface area (TPSA) is 49.4 Å².